The molecule has 1 aromatic heterocycles. The number of nitrogens with zero attached hydrogens (tertiary/aromatic N) is 5. The molecule has 1 aromatic rings. The molecule has 3 aliphatic rings. The highest BCUT2D eigenvalue weighted by Gasteiger charge is 2.48. The lowest BCUT2D eigenvalue weighted by Crippen LogP contribution is -2.61. The second-order valence-corrected chi connectivity index (χ2v) is 14.9. The number of hydrogen-bond donors (Lipinski definition) is 4. The zero-order chi connectivity index (χ0) is 37.2. The van der Waals surface area contributed by atoms with E-state index in [-0.39, 0.29) is 36.8 Å². The Bertz CT molecular complexity index is 1340. The minimum atomic E-state index is -1.11. The molecule has 15 heteroatoms. The molecule has 15 nitrogen and oxygen atoms in total. The summed E-state index contributed by atoms with van der Waals surface area (Å²) >= 11 is 0. The van der Waals surface area contributed by atoms with Crippen LogP contribution in [-0.2, 0) is 24.0 Å². The maximum absolute atomic E-state index is 14.1. The van der Waals surface area contributed by atoms with Gasteiger partial charge in [0.2, 0.25) is 29.5 Å². The molecule has 5 N–H and O–H groups in total. The Labute approximate surface area is 295 Å². The number of likely N-dealkylation sites (tertiary alicyclic amines) is 1. The van der Waals surface area contributed by atoms with Gasteiger partial charge in [0.25, 0.3) is 5.91 Å². The maximum atomic E-state index is 14.1. The van der Waals surface area contributed by atoms with Gasteiger partial charge in [0.05, 0.1) is 12.6 Å². The van der Waals surface area contributed by atoms with Crippen molar-refractivity contribution in [3.05, 3.63) is 18.5 Å². The van der Waals surface area contributed by atoms with E-state index < -0.39 is 53.1 Å². The quantitative estimate of drug-likeness (QED) is 0.233. The number of hydrogen-bond acceptors (Lipinski definition) is 9. The maximum Gasteiger partial charge on any atom is 0.315 e. The molecule has 6 amide bonds. The van der Waals surface area contributed by atoms with E-state index in [1.807, 2.05) is 18.7 Å². The van der Waals surface area contributed by atoms with Gasteiger partial charge in [-0.25, -0.2) is 14.8 Å². The lowest BCUT2D eigenvalue weighted by molar-refractivity contribution is -0.144. The Balaban J connectivity index is 0.00000217. The van der Waals surface area contributed by atoms with Crippen LogP contribution in [-0.4, -0.2) is 113 Å². The smallest absolute Gasteiger partial charge is 0.315 e. The molecule has 2 saturated heterocycles. The molecule has 0 bridgehead atoms. The van der Waals surface area contributed by atoms with Gasteiger partial charge >= 0.3 is 6.03 Å². The molecule has 4 unspecified atom stereocenters. The number of primary amides is 1. The number of urea groups is 1. The highest BCUT2D eigenvalue weighted by Crippen LogP contribution is 2.35. The van der Waals surface area contributed by atoms with Crippen molar-refractivity contribution in [1.82, 2.24) is 35.7 Å². The molecule has 1 saturated carbocycles. The number of nitrogens with two attached hydrogens (primary N) is 1. The van der Waals surface area contributed by atoms with Crippen molar-refractivity contribution in [3.8, 4) is 0 Å². The van der Waals surface area contributed by atoms with Gasteiger partial charge in [0, 0.05) is 45.1 Å². The number of ketones is 1. The zero-order valence-electron chi connectivity index (χ0n) is 30.7. The number of Topliss-reactive ketones (excluding diaryl/α,β-unsaturated/α-hetero) is 1. The molecule has 0 aromatic carbocycles. The molecule has 1 aliphatic carbocycles. The summed E-state index contributed by atoms with van der Waals surface area (Å²) in [6.45, 7) is 15.6. The number of piperazine rings is 1. The Morgan fingerprint density at radius 1 is 0.920 bits per heavy atom. The van der Waals surface area contributed by atoms with Crippen molar-refractivity contribution in [1.29, 1.82) is 0 Å². The Hall–Kier alpha value is -4.30. The number of carbonyl (C=O) groups excluding carboxylic acids is 6. The summed E-state index contributed by atoms with van der Waals surface area (Å²) in [7, 11) is 0. The number of rotatable bonds is 12. The SMILES string of the molecule is CC(C)C1CCN(C(=O)C(NC(=O)NCC(=O)N2CCN(c3ncccn3)CC2)C(C)(C)C)C1C(=O)NC(CC1CC1)C(=O)C(N)=O.CCC. The Kier molecular flexibility index (Phi) is 14.5. The normalized spacial score (nSPS) is 20.3. The summed E-state index contributed by atoms with van der Waals surface area (Å²) < 4.78 is 0. The summed E-state index contributed by atoms with van der Waals surface area (Å²) in [5.41, 5.74) is 4.53. The second-order valence-electron chi connectivity index (χ2n) is 14.9. The third-order valence-corrected chi connectivity index (χ3v) is 9.25. The van der Waals surface area contributed by atoms with E-state index in [2.05, 4.69) is 39.8 Å². The fourth-order valence-corrected chi connectivity index (χ4v) is 6.32. The van der Waals surface area contributed by atoms with Crippen LogP contribution in [0, 0.1) is 23.2 Å². The topological polar surface area (TPSA) is 200 Å². The van der Waals surface area contributed by atoms with Crippen molar-refractivity contribution in [3.63, 3.8) is 0 Å². The van der Waals surface area contributed by atoms with E-state index in [0.29, 0.717) is 45.0 Å². The van der Waals surface area contributed by atoms with Crippen LogP contribution in [0.25, 0.3) is 0 Å². The number of nitrogens with one attached hydrogen (secondary N) is 3. The van der Waals surface area contributed by atoms with Gasteiger partial charge < -0.3 is 36.4 Å². The van der Waals surface area contributed by atoms with Crippen LogP contribution < -0.4 is 26.6 Å². The van der Waals surface area contributed by atoms with Crippen LogP contribution in [0.3, 0.4) is 0 Å². The van der Waals surface area contributed by atoms with Gasteiger partial charge in [-0.2, -0.15) is 0 Å². The Morgan fingerprint density at radius 2 is 1.52 bits per heavy atom. The van der Waals surface area contributed by atoms with E-state index >= 15 is 0 Å². The van der Waals surface area contributed by atoms with Gasteiger partial charge in [-0.1, -0.05) is 67.7 Å². The monoisotopic (exact) mass is 699 g/mol. The predicted molar refractivity (Wildman–Crippen MR) is 188 cm³/mol. The lowest BCUT2D eigenvalue weighted by Gasteiger charge is -2.37. The van der Waals surface area contributed by atoms with Crippen molar-refractivity contribution < 1.29 is 28.8 Å². The summed E-state index contributed by atoms with van der Waals surface area (Å²) in [6.07, 6.45) is 7.28. The van der Waals surface area contributed by atoms with Crippen LogP contribution in [0.5, 0.6) is 0 Å². The minimum absolute atomic E-state index is 0.0368. The second kappa shape index (κ2) is 18.1. The first-order chi connectivity index (χ1) is 23.6. The number of carbonyl (C=O) groups is 6. The number of anilines is 1. The molecule has 50 heavy (non-hydrogen) atoms. The molecule has 4 rings (SSSR count). The molecule has 278 valence electrons. The van der Waals surface area contributed by atoms with Crippen molar-refractivity contribution in [2.24, 2.45) is 28.9 Å². The molecule has 2 aliphatic heterocycles. The largest absolute Gasteiger partial charge is 0.363 e. The molecule has 4 atom stereocenters. The van der Waals surface area contributed by atoms with E-state index in [4.69, 9.17) is 5.73 Å². The van der Waals surface area contributed by atoms with E-state index in [1.54, 1.807) is 44.1 Å². The average molecular weight is 700 g/mol. The van der Waals surface area contributed by atoms with Gasteiger partial charge in [-0.05, 0) is 42.1 Å². The van der Waals surface area contributed by atoms with Gasteiger partial charge in [-0.3, -0.25) is 24.0 Å². The van der Waals surface area contributed by atoms with Crippen molar-refractivity contribution in [2.45, 2.75) is 98.7 Å². The fourth-order valence-electron chi connectivity index (χ4n) is 6.32. The first-order valence-electron chi connectivity index (χ1n) is 17.9. The van der Waals surface area contributed by atoms with Gasteiger partial charge in [-0.15, -0.1) is 0 Å². The third kappa shape index (κ3) is 11.1. The Morgan fingerprint density at radius 3 is 2.04 bits per heavy atom. The van der Waals surface area contributed by atoms with Crippen molar-refractivity contribution in [2.75, 3.05) is 44.2 Å². The summed E-state index contributed by atoms with van der Waals surface area (Å²) in [5.74, 6) is -2.51. The number of amides is 6. The van der Waals surface area contributed by atoms with Crippen LogP contribution in [0.2, 0.25) is 0 Å². The van der Waals surface area contributed by atoms with Gasteiger partial charge in [0.1, 0.15) is 12.1 Å². The average Bonchev–Trinajstić information content (AvgIpc) is 3.78. The molecule has 0 spiro atoms. The van der Waals surface area contributed by atoms with Crippen LogP contribution in [0.1, 0.15) is 80.6 Å². The van der Waals surface area contributed by atoms with E-state index in [9.17, 15) is 28.8 Å². The summed E-state index contributed by atoms with van der Waals surface area (Å²) in [5, 5.41) is 8.08. The summed E-state index contributed by atoms with van der Waals surface area (Å²) in [4.78, 5) is 91.8. The van der Waals surface area contributed by atoms with E-state index in [1.165, 1.54) is 11.3 Å². The highest BCUT2D eigenvalue weighted by atomic mass is 16.2. The molecular formula is C35H57N9O6. The van der Waals surface area contributed by atoms with Crippen LogP contribution in [0.4, 0.5) is 10.7 Å². The molecule has 0 radical (unpaired) electrons. The highest BCUT2D eigenvalue weighted by molar-refractivity contribution is 6.37. The van der Waals surface area contributed by atoms with Gasteiger partial charge in [0.15, 0.2) is 0 Å². The van der Waals surface area contributed by atoms with E-state index in [0.717, 1.165) is 12.8 Å². The zero-order valence-corrected chi connectivity index (χ0v) is 30.7. The predicted octanol–water partition coefficient (Wildman–Crippen LogP) is 1.47. The first-order valence-corrected chi connectivity index (χ1v) is 17.9. The number of aromatic nitrogens is 2. The molecule has 3 fully saturated rings. The molecule has 3 heterocycles. The molecular weight excluding hydrogens is 642 g/mol. The van der Waals surface area contributed by atoms with Crippen LogP contribution >= 0.6 is 0 Å². The fraction of sp³-hybridized carbons (Fsp3) is 0.714. The first kappa shape index (κ1) is 40.1. The van der Waals surface area contributed by atoms with Crippen LogP contribution in [0.15, 0.2) is 18.5 Å². The summed E-state index contributed by atoms with van der Waals surface area (Å²) in [6, 6.07) is -1.92. The van der Waals surface area contributed by atoms with Crippen molar-refractivity contribution >= 4 is 41.4 Å². The lowest BCUT2D eigenvalue weighted by atomic mass is 9.84. The third-order valence-electron chi connectivity index (χ3n) is 9.25. The standard InChI is InChI=1S/C32H49N9O6.C3H8/c1-19(2)21-9-12-41(24(21)28(45)37-22(17-20-7-8-20)25(43)27(33)44)29(46)26(32(3,4)5)38-31(47)36-18-23(42)39-13-15-40(16-14-39)30-34-10-6-11-35-30;1-3-2/h6,10-11,19-22,24,26H,7-9,12-18H2,1-5H3,(H2,33,44)(H,37,45)(H2,36,38,47);3H2,1-2H3. The minimum Gasteiger partial charge on any atom is -0.363 e.